The highest BCUT2D eigenvalue weighted by atomic mass is 127. The number of amides is 2. The Hall–Kier alpha value is -1.57. The van der Waals surface area contributed by atoms with Crippen LogP contribution in [0.5, 0.6) is 0 Å². The summed E-state index contributed by atoms with van der Waals surface area (Å²) < 4.78 is 1.10. The van der Waals surface area contributed by atoms with Crippen LogP contribution in [0.4, 0.5) is 5.69 Å². The van der Waals surface area contributed by atoms with Gasteiger partial charge in [-0.3, -0.25) is 9.59 Å². The number of hydrogen-bond acceptors (Lipinski definition) is 3. The average molecular weight is 355 g/mol. The standard InChI is InChI=1S/C12H10IN3O2/c1-7-6-8(13)2-3-9(7)14-12(18)10-4-5-11(17)16-15-10/h2-6,10H,1H3,(H,14,18). The lowest BCUT2D eigenvalue weighted by Crippen LogP contribution is -2.26. The van der Waals surface area contributed by atoms with Crippen molar-refractivity contribution in [3.05, 3.63) is 39.5 Å². The van der Waals surface area contributed by atoms with E-state index in [4.69, 9.17) is 0 Å². The summed E-state index contributed by atoms with van der Waals surface area (Å²) in [5.41, 5.74) is 1.71. The van der Waals surface area contributed by atoms with E-state index in [1.807, 2.05) is 25.1 Å². The number of benzene rings is 1. The summed E-state index contributed by atoms with van der Waals surface area (Å²) in [5.74, 6) is -0.740. The van der Waals surface area contributed by atoms with Crippen molar-refractivity contribution in [2.24, 2.45) is 10.2 Å². The maximum absolute atomic E-state index is 11.9. The molecule has 1 aliphatic rings. The van der Waals surface area contributed by atoms with Crippen LogP contribution in [0.3, 0.4) is 0 Å². The molecule has 2 rings (SSSR count). The molecule has 0 saturated heterocycles. The van der Waals surface area contributed by atoms with Gasteiger partial charge in [0.1, 0.15) is 0 Å². The molecular formula is C12H10IN3O2. The van der Waals surface area contributed by atoms with Gasteiger partial charge in [-0.05, 0) is 59.4 Å². The monoisotopic (exact) mass is 355 g/mol. The van der Waals surface area contributed by atoms with Crippen LogP contribution in [0.15, 0.2) is 40.6 Å². The average Bonchev–Trinajstić information content (AvgIpc) is 2.33. The number of nitrogens with zero attached hydrogens (tertiary/aromatic N) is 2. The number of hydrogen-bond donors (Lipinski definition) is 1. The van der Waals surface area contributed by atoms with Crippen molar-refractivity contribution < 1.29 is 9.59 Å². The van der Waals surface area contributed by atoms with E-state index in [0.29, 0.717) is 0 Å². The van der Waals surface area contributed by atoms with E-state index in [0.717, 1.165) is 14.8 Å². The molecule has 0 spiro atoms. The molecule has 0 radical (unpaired) electrons. The Morgan fingerprint density at radius 3 is 2.83 bits per heavy atom. The van der Waals surface area contributed by atoms with Crippen LogP contribution in [0.2, 0.25) is 0 Å². The third kappa shape index (κ3) is 3.00. The maximum Gasteiger partial charge on any atom is 0.287 e. The molecule has 0 bridgehead atoms. The molecule has 6 heteroatoms. The molecule has 0 aromatic heterocycles. The summed E-state index contributed by atoms with van der Waals surface area (Å²) in [6.45, 7) is 1.92. The first-order valence-corrected chi connectivity index (χ1v) is 6.34. The molecule has 1 N–H and O–H groups in total. The first-order chi connectivity index (χ1) is 8.56. The lowest BCUT2D eigenvalue weighted by atomic mass is 10.2. The smallest absolute Gasteiger partial charge is 0.287 e. The number of nitrogens with one attached hydrogen (secondary N) is 1. The number of anilines is 1. The molecule has 2 amide bonds. The number of carbonyl (C=O) groups is 2. The van der Waals surface area contributed by atoms with E-state index < -0.39 is 11.9 Å². The van der Waals surface area contributed by atoms with Crippen molar-refractivity contribution >= 4 is 40.1 Å². The largest absolute Gasteiger partial charge is 0.324 e. The Labute approximate surface area is 118 Å². The van der Waals surface area contributed by atoms with Gasteiger partial charge in [-0.2, -0.15) is 5.11 Å². The van der Waals surface area contributed by atoms with Crippen LogP contribution >= 0.6 is 22.6 Å². The van der Waals surface area contributed by atoms with E-state index in [-0.39, 0.29) is 5.91 Å². The highest BCUT2D eigenvalue weighted by molar-refractivity contribution is 14.1. The van der Waals surface area contributed by atoms with Gasteiger partial charge in [0, 0.05) is 15.3 Å². The van der Waals surface area contributed by atoms with Gasteiger partial charge in [0.05, 0.1) is 0 Å². The van der Waals surface area contributed by atoms with Gasteiger partial charge >= 0.3 is 0 Å². The maximum atomic E-state index is 11.9. The summed E-state index contributed by atoms with van der Waals surface area (Å²) in [6, 6.07) is 4.98. The number of azo groups is 1. The van der Waals surface area contributed by atoms with Crippen molar-refractivity contribution in [2.45, 2.75) is 13.0 Å². The molecule has 1 heterocycles. The first kappa shape index (κ1) is 12.9. The van der Waals surface area contributed by atoms with E-state index in [1.165, 1.54) is 12.2 Å². The summed E-state index contributed by atoms with van der Waals surface area (Å²) in [6.07, 6.45) is 2.69. The second-order valence-corrected chi connectivity index (χ2v) is 5.05. The SMILES string of the molecule is Cc1cc(I)ccc1NC(=O)C1C=CC(=O)N=N1. The Kier molecular flexibility index (Phi) is 3.85. The van der Waals surface area contributed by atoms with Crippen molar-refractivity contribution in [2.75, 3.05) is 5.32 Å². The fourth-order valence-corrected chi connectivity index (χ4v) is 2.13. The topological polar surface area (TPSA) is 70.9 Å². The molecule has 18 heavy (non-hydrogen) atoms. The van der Waals surface area contributed by atoms with E-state index in [1.54, 1.807) is 0 Å². The van der Waals surface area contributed by atoms with Crippen molar-refractivity contribution in [3.63, 3.8) is 0 Å². The summed E-state index contributed by atoms with van der Waals surface area (Å²) in [5, 5.41) is 9.74. The highest BCUT2D eigenvalue weighted by Gasteiger charge is 2.18. The molecule has 92 valence electrons. The van der Waals surface area contributed by atoms with Crippen LogP contribution in [0.25, 0.3) is 0 Å². The van der Waals surface area contributed by atoms with Crippen molar-refractivity contribution in [1.82, 2.24) is 0 Å². The zero-order valence-electron chi connectivity index (χ0n) is 9.55. The van der Waals surface area contributed by atoms with Crippen LogP contribution in [-0.2, 0) is 9.59 Å². The molecular weight excluding hydrogens is 345 g/mol. The molecule has 1 aromatic rings. The minimum Gasteiger partial charge on any atom is -0.324 e. The van der Waals surface area contributed by atoms with Crippen LogP contribution in [0, 0.1) is 10.5 Å². The van der Waals surface area contributed by atoms with Crippen LogP contribution < -0.4 is 5.32 Å². The summed E-state index contributed by atoms with van der Waals surface area (Å²) in [4.78, 5) is 22.7. The molecule has 1 aliphatic heterocycles. The number of aryl methyl sites for hydroxylation is 1. The zero-order chi connectivity index (χ0) is 13.1. The second kappa shape index (κ2) is 5.38. The van der Waals surface area contributed by atoms with E-state index >= 15 is 0 Å². The minimum absolute atomic E-state index is 0.299. The molecule has 0 fully saturated rings. The number of carbonyl (C=O) groups excluding carboxylic acids is 2. The minimum atomic E-state index is -0.735. The fourth-order valence-electron chi connectivity index (χ4n) is 1.48. The third-order valence-corrected chi connectivity index (χ3v) is 3.09. The first-order valence-electron chi connectivity index (χ1n) is 5.26. The van der Waals surface area contributed by atoms with Gasteiger partial charge in [-0.1, -0.05) is 0 Å². The van der Waals surface area contributed by atoms with E-state index in [9.17, 15) is 9.59 Å². The Balaban J connectivity index is 2.10. The predicted molar refractivity (Wildman–Crippen MR) is 75.3 cm³/mol. The fraction of sp³-hybridized carbons (Fsp3) is 0.167. The van der Waals surface area contributed by atoms with E-state index in [2.05, 4.69) is 38.1 Å². The summed E-state index contributed by atoms with van der Waals surface area (Å²) >= 11 is 2.21. The van der Waals surface area contributed by atoms with Gasteiger partial charge in [0.15, 0.2) is 6.04 Å². The molecule has 5 nitrogen and oxygen atoms in total. The molecule has 1 aromatic carbocycles. The quantitative estimate of drug-likeness (QED) is 0.828. The van der Waals surface area contributed by atoms with Gasteiger partial charge in [0.2, 0.25) is 0 Å². The van der Waals surface area contributed by atoms with Gasteiger partial charge < -0.3 is 5.32 Å². The lowest BCUT2D eigenvalue weighted by Gasteiger charge is -2.12. The van der Waals surface area contributed by atoms with Crippen molar-refractivity contribution in [3.8, 4) is 0 Å². The van der Waals surface area contributed by atoms with Gasteiger partial charge in [-0.25, -0.2) is 0 Å². The third-order valence-electron chi connectivity index (χ3n) is 2.42. The Bertz CT molecular complexity index is 550. The molecule has 0 aliphatic carbocycles. The molecule has 1 unspecified atom stereocenters. The normalized spacial score (nSPS) is 17.9. The molecule has 0 saturated carbocycles. The second-order valence-electron chi connectivity index (χ2n) is 3.81. The Morgan fingerprint density at radius 2 is 2.22 bits per heavy atom. The molecule has 1 atom stereocenters. The van der Waals surface area contributed by atoms with Crippen LogP contribution in [0.1, 0.15) is 5.56 Å². The Morgan fingerprint density at radius 1 is 1.44 bits per heavy atom. The van der Waals surface area contributed by atoms with Gasteiger partial charge in [0.25, 0.3) is 11.8 Å². The lowest BCUT2D eigenvalue weighted by molar-refractivity contribution is -0.117. The number of halogens is 1. The summed E-state index contributed by atoms with van der Waals surface area (Å²) in [7, 11) is 0. The highest BCUT2D eigenvalue weighted by Crippen LogP contribution is 2.18. The van der Waals surface area contributed by atoms with Gasteiger partial charge in [-0.15, -0.1) is 5.11 Å². The number of rotatable bonds is 2. The van der Waals surface area contributed by atoms with Crippen molar-refractivity contribution in [1.29, 1.82) is 0 Å². The van der Waals surface area contributed by atoms with Crippen LogP contribution in [-0.4, -0.2) is 17.9 Å². The zero-order valence-corrected chi connectivity index (χ0v) is 11.7. The predicted octanol–water partition coefficient (Wildman–Crippen LogP) is 2.46.